The molecular weight excluding hydrogens is 312 g/mol. The molecule has 1 aromatic rings. The Bertz CT molecular complexity index is 593. The molecule has 25 heavy (non-hydrogen) atoms. The van der Waals surface area contributed by atoms with Gasteiger partial charge in [-0.05, 0) is 37.8 Å². The van der Waals surface area contributed by atoms with Crippen molar-refractivity contribution in [1.29, 1.82) is 5.26 Å². The fraction of sp³-hybridized carbons (Fsp3) is 0.500. The summed E-state index contributed by atoms with van der Waals surface area (Å²) < 4.78 is 0. The number of benzene rings is 1. The first-order valence-corrected chi connectivity index (χ1v) is 9.11. The molecule has 0 aliphatic carbocycles. The maximum Gasteiger partial charge on any atom is 0.240 e. The van der Waals surface area contributed by atoms with Crippen molar-refractivity contribution >= 4 is 12.0 Å². The number of hydrogen-bond donors (Lipinski definition) is 2. The maximum atomic E-state index is 12.8. The van der Waals surface area contributed by atoms with Crippen molar-refractivity contribution in [2.45, 2.75) is 44.2 Å². The lowest BCUT2D eigenvalue weighted by atomic mass is 10.1. The molecule has 1 amide bonds. The first-order valence-electron chi connectivity index (χ1n) is 9.11. The molecule has 5 nitrogen and oxygen atoms in total. The van der Waals surface area contributed by atoms with Crippen LogP contribution < -0.4 is 11.1 Å². The quantitative estimate of drug-likeness (QED) is 0.676. The molecule has 0 unspecified atom stereocenters. The summed E-state index contributed by atoms with van der Waals surface area (Å²) in [6.07, 6.45) is 8.34. The third-order valence-electron chi connectivity index (χ3n) is 4.52. The van der Waals surface area contributed by atoms with Crippen molar-refractivity contribution in [2.24, 2.45) is 5.73 Å². The predicted molar refractivity (Wildman–Crippen MR) is 101 cm³/mol. The summed E-state index contributed by atoms with van der Waals surface area (Å²) in [7, 11) is 0. The Morgan fingerprint density at radius 2 is 2.20 bits per heavy atom. The summed E-state index contributed by atoms with van der Waals surface area (Å²) >= 11 is 0. The van der Waals surface area contributed by atoms with Crippen LogP contribution in [-0.4, -0.2) is 42.5 Å². The van der Waals surface area contributed by atoms with Crippen LogP contribution in [0.15, 0.2) is 36.4 Å². The van der Waals surface area contributed by atoms with E-state index in [0.29, 0.717) is 19.6 Å². The van der Waals surface area contributed by atoms with Crippen molar-refractivity contribution in [2.75, 3.05) is 19.6 Å². The second kappa shape index (κ2) is 10.7. The van der Waals surface area contributed by atoms with Gasteiger partial charge in [0.05, 0.1) is 12.1 Å². The van der Waals surface area contributed by atoms with Crippen LogP contribution in [-0.2, 0) is 4.79 Å². The number of nitrogens with zero attached hydrogens (tertiary/aromatic N) is 2. The number of rotatable bonds is 9. The number of nitriles is 1. The fourth-order valence-electron chi connectivity index (χ4n) is 3.14. The average molecular weight is 340 g/mol. The van der Waals surface area contributed by atoms with Crippen LogP contribution in [0.1, 0.15) is 37.7 Å². The normalized spacial score (nSPS) is 18.4. The smallest absolute Gasteiger partial charge is 0.240 e. The highest BCUT2D eigenvalue weighted by Gasteiger charge is 2.32. The number of carbonyl (C=O) groups excluding carboxylic acids is 1. The Morgan fingerprint density at radius 1 is 1.40 bits per heavy atom. The minimum Gasteiger partial charge on any atom is -0.330 e. The molecule has 0 saturated carbocycles. The zero-order chi connectivity index (χ0) is 17.9. The molecule has 0 bridgehead atoms. The molecule has 2 rings (SSSR count). The Morgan fingerprint density at radius 3 is 2.92 bits per heavy atom. The van der Waals surface area contributed by atoms with Crippen LogP contribution >= 0.6 is 0 Å². The first-order chi connectivity index (χ1) is 12.3. The van der Waals surface area contributed by atoms with Crippen LogP contribution in [0.4, 0.5) is 0 Å². The summed E-state index contributed by atoms with van der Waals surface area (Å²) in [6, 6.07) is 11.8. The molecule has 1 heterocycles. The lowest BCUT2D eigenvalue weighted by Crippen LogP contribution is -2.48. The van der Waals surface area contributed by atoms with E-state index < -0.39 is 0 Å². The van der Waals surface area contributed by atoms with Gasteiger partial charge in [-0.25, -0.2) is 0 Å². The lowest BCUT2D eigenvalue weighted by Gasteiger charge is -2.26. The largest absolute Gasteiger partial charge is 0.330 e. The van der Waals surface area contributed by atoms with E-state index in [1.807, 2.05) is 42.5 Å². The molecule has 1 fully saturated rings. The standard InChI is InChI=1S/C20H28N4O/c21-13-5-4-12-19(20(25)24-15-7-11-18(24)16-22)23-14-6-10-17-8-2-1-3-9-17/h1-3,6,8-10,18-19,23H,4-5,7,11-15,21H2/t18-,19-/m0/s1. The Kier molecular flexibility index (Phi) is 8.17. The van der Waals surface area contributed by atoms with Gasteiger partial charge >= 0.3 is 0 Å². The number of amides is 1. The third-order valence-corrected chi connectivity index (χ3v) is 4.52. The van der Waals surface area contributed by atoms with Crippen LogP contribution in [0.5, 0.6) is 0 Å². The van der Waals surface area contributed by atoms with E-state index in [4.69, 9.17) is 5.73 Å². The summed E-state index contributed by atoms with van der Waals surface area (Å²) in [5, 5.41) is 12.6. The number of hydrogen-bond acceptors (Lipinski definition) is 4. The Hall–Kier alpha value is -2.16. The summed E-state index contributed by atoms with van der Waals surface area (Å²) in [6.45, 7) is 1.95. The van der Waals surface area contributed by atoms with Crippen LogP contribution in [0, 0.1) is 11.3 Å². The van der Waals surface area contributed by atoms with E-state index in [-0.39, 0.29) is 18.0 Å². The van der Waals surface area contributed by atoms with E-state index in [2.05, 4.69) is 11.4 Å². The van der Waals surface area contributed by atoms with Gasteiger partial charge in [-0.15, -0.1) is 0 Å². The molecule has 0 aromatic heterocycles. The topological polar surface area (TPSA) is 82.2 Å². The Labute approximate surface area is 150 Å². The molecule has 1 saturated heterocycles. The number of likely N-dealkylation sites (tertiary alicyclic amines) is 1. The van der Waals surface area contributed by atoms with Gasteiger partial charge in [-0.3, -0.25) is 4.79 Å². The van der Waals surface area contributed by atoms with E-state index in [9.17, 15) is 10.1 Å². The highest BCUT2D eigenvalue weighted by molar-refractivity contribution is 5.82. The monoisotopic (exact) mass is 340 g/mol. The van der Waals surface area contributed by atoms with Gasteiger partial charge in [-0.2, -0.15) is 5.26 Å². The third kappa shape index (κ3) is 6.00. The van der Waals surface area contributed by atoms with Gasteiger partial charge in [0, 0.05) is 13.1 Å². The molecule has 1 aliphatic heterocycles. The van der Waals surface area contributed by atoms with Crippen molar-refractivity contribution in [3.05, 3.63) is 42.0 Å². The maximum absolute atomic E-state index is 12.8. The Balaban J connectivity index is 1.91. The number of nitrogens with one attached hydrogen (secondary N) is 1. The molecule has 5 heteroatoms. The van der Waals surface area contributed by atoms with E-state index in [0.717, 1.165) is 37.7 Å². The second-order valence-corrected chi connectivity index (χ2v) is 6.38. The number of unbranched alkanes of at least 4 members (excludes halogenated alkanes) is 1. The van der Waals surface area contributed by atoms with Gasteiger partial charge in [0.2, 0.25) is 5.91 Å². The van der Waals surface area contributed by atoms with Crippen LogP contribution in [0.3, 0.4) is 0 Å². The summed E-state index contributed by atoms with van der Waals surface area (Å²) in [4.78, 5) is 14.6. The average Bonchev–Trinajstić information content (AvgIpc) is 3.13. The van der Waals surface area contributed by atoms with Crippen LogP contribution in [0.2, 0.25) is 0 Å². The van der Waals surface area contributed by atoms with Crippen molar-refractivity contribution < 1.29 is 4.79 Å². The van der Waals surface area contributed by atoms with Gasteiger partial charge in [-0.1, -0.05) is 48.9 Å². The van der Waals surface area contributed by atoms with E-state index >= 15 is 0 Å². The first kappa shape index (κ1) is 19.2. The zero-order valence-corrected chi connectivity index (χ0v) is 14.7. The van der Waals surface area contributed by atoms with Gasteiger partial charge in [0.1, 0.15) is 6.04 Å². The zero-order valence-electron chi connectivity index (χ0n) is 14.7. The predicted octanol–water partition coefficient (Wildman–Crippen LogP) is 2.30. The fourth-order valence-corrected chi connectivity index (χ4v) is 3.14. The molecule has 0 radical (unpaired) electrons. The van der Waals surface area contributed by atoms with Crippen molar-refractivity contribution in [1.82, 2.24) is 10.2 Å². The SMILES string of the molecule is N#C[C@@H]1CCCN1C(=O)[C@H](CCCCN)NCC=Cc1ccccc1. The molecule has 1 aliphatic rings. The number of carbonyl (C=O) groups is 1. The minimum atomic E-state index is -0.272. The van der Waals surface area contributed by atoms with E-state index in [1.54, 1.807) is 4.90 Å². The second-order valence-electron chi connectivity index (χ2n) is 6.38. The molecule has 3 N–H and O–H groups in total. The highest BCUT2D eigenvalue weighted by Crippen LogP contribution is 2.18. The summed E-state index contributed by atoms with van der Waals surface area (Å²) in [5.41, 5.74) is 6.71. The molecule has 134 valence electrons. The van der Waals surface area contributed by atoms with Gasteiger partial charge < -0.3 is 16.0 Å². The van der Waals surface area contributed by atoms with Gasteiger partial charge in [0.25, 0.3) is 0 Å². The van der Waals surface area contributed by atoms with Crippen LogP contribution in [0.25, 0.3) is 6.08 Å². The molecule has 1 aromatic carbocycles. The molecule has 2 atom stereocenters. The number of nitrogens with two attached hydrogens (primary N) is 1. The summed E-state index contributed by atoms with van der Waals surface area (Å²) in [5.74, 6) is 0.0502. The molecular formula is C20H28N4O. The van der Waals surface area contributed by atoms with Gasteiger partial charge in [0.15, 0.2) is 0 Å². The minimum absolute atomic E-state index is 0.0502. The highest BCUT2D eigenvalue weighted by atomic mass is 16.2. The van der Waals surface area contributed by atoms with Crippen molar-refractivity contribution in [3.8, 4) is 6.07 Å². The van der Waals surface area contributed by atoms with Crippen molar-refractivity contribution in [3.63, 3.8) is 0 Å². The lowest BCUT2D eigenvalue weighted by molar-refractivity contribution is -0.133. The van der Waals surface area contributed by atoms with E-state index in [1.165, 1.54) is 0 Å². The molecule has 0 spiro atoms.